The fraction of sp³-hybridized carbons (Fsp3) is 0.421. The van der Waals surface area contributed by atoms with E-state index in [2.05, 4.69) is 21.0 Å². The van der Waals surface area contributed by atoms with E-state index in [1.807, 2.05) is 29.9 Å². The molecule has 1 aliphatic heterocycles. The first-order chi connectivity index (χ1) is 12.6. The van der Waals surface area contributed by atoms with Gasteiger partial charge in [0.1, 0.15) is 5.69 Å². The lowest BCUT2D eigenvalue weighted by molar-refractivity contribution is 0.0924. The van der Waals surface area contributed by atoms with Crippen LogP contribution in [0.5, 0.6) is 0 Å². The number of aromatic nitrogens is 2. The Labute approximate surface area is 153 Å². The maximum Gasteiger partial charge on any atom is 0.271 e. The summed E-state index contributed by atoms with van der Waals surface area (Å²) in [5.74, 6) is -0.370. The van der Waals surface area contributed by atoms with Crippen LogP contribution in [-0.2, 0) is 0 Å². The van der Waals surface area contributed by atoms with E-state index in [0.29, 0.717) is 30.4 Å². The van der Waals surface area contributed by atoms with Gasteiger partial charge in [0.15, 0.2) is 0 Å². The van der Waals surface area contributed by atoms with Gasteiger partial charge in [0.2, 0.25) is 0 Å². The molecule has 2 heterocycles. The van der Waals surface area contributed by atoms with E-state index in [1.54, 1.807) is 18.2 Å². The molecule has 26 heavy (non-hydrogen) atoms. The predicted octanol–water partition coefficient (Wildman–Crippen LogP) is 1.28. The van der Waals surface area contributed by atoms with Crippen LogP contribution in [0.3, 0.4) is 0 Å². The second-order valence-electron chi connectivity index (χ2n) is 6.56. The zero-order chi connectivity index (χ0) is 18.4. The Morgan fingerprint density at radius 2 is 1.88 bits per heavy atom. The van der Waals surface area contributed by atoms with E-state index in [-0.39, 0.29) is 11.8 Å². The Balaban J connectivity index is 1.42. The van der Waals surface area contributed by atoms with Crippen LogP contribution < -0.4 is 16.0 Å². The molecule has 3 N–H and O–H groups in total. The van der Waals surface area contributed by atoms with Crippen molar-refractivity contribution in [2.24, 2.45) is 0 Å². The average molecular weight is 355 g/mol. The van der Waals surface area contributed by atoms with Crippen molar-refractivity contribution in [1.29, 1.82) is 0 Å². The Hall–Kier alpha value is -2.67. The first-order valence-corrected chi connectivity index (χ1v) is 9.02. The molecular formula is C19H25N5O2. The van der Waals surface area contributed by atoms with Crippen LogP contribution in [0.25, 0.3) is 0 Å². The van der Waals surface area contributed by atoms with E-state index in [0.717, 1.165) is 31.5 Å². The topological polar surface area (TPSA) is 88.0 Å². The fourth-order valence-electron chi connectivity index (χ4n) is 2.97. The molecule has 7 heteroatoms. The van der Waals surface area contributed by atoms with Crippen molar-refractivity contribution in [3.8, 4) is 0 Å². The minimum absolute atomic E-state index is 0.145. The van der Waals surface area contributed by atoms with Crippen molar-refractivity contribution in [2.45, 2.75) is 25.8 Å². The van der Waals surface area contributed by atoms with Crippen LogP contribution >= 0.6 is 0 Å². The number of benzene rings is 1. The zero-order valence-electron chi connectivity index (χ0n) is 15.0. The van der Waals surface area contributed by atoms with Crippen molar-refractivity contribution >= 4 is 11.8 Å². The number of carbonyl (C=O) groups is 2. The second-order valence-corrected chi connectivity index (χ2v) is 6.56. The second kappa shape index (κ2) is 8.62. The summed E-state index contributed by atoms with van der Waals surface area (Å²) < 4.78 is 1.86. The molecule has 2 amide bonds. The van der Waals surface area contributed by atoms with Gasteiger partial charge in [0.05, 0.1) is 6.04 Å². The Morgan fingerprint density at radius 3 is 2.58 bits per heavy atom. The van der Waals surface area contributed by atoms with E-state index in [1.165, 1.54) is 0 Å². The van der Waals surface area contributed by atoms with Crippen LogP contribution in [0.4, 0.5) is 0 Å². The number of rotatable bonds is 6. The van der Waals surface area contributed by atoms with Crippen LogP contribution in [0, 0.1) is 6.92 Å². The summed E-state index contributed by atoms with van der Waals surface area (Å²) in [6, 6.07) is 9.41. The fourth-order valence-corrected chi connectivity index (χ4v) is 2.97. The Morgan fingerprint density at radius 1 is 1.15 bits per heavy atom. The first kappa shape index (κ1) is 18.1. The first-order valence-electron chi connectivity index (χ1n) is 9.02. The lowest BCUT2D eigenvalue weighted by Crippen LogP contribution is -2.35. The molecule has 1 atom stereocenters. The van der Waals surface area contributed by atoms with Gasteiger partial charge in [-0.05, 0) is 44.5 Å². The quantitative estimate of drug-likeness (QED) is 0.681. The zero-order valence-corrected chi connectivity index (χ0v) is 15.0. The van der Waals surface area contributed by atoms with E-state index < -0.39 is 0 Å². The summed E-state index contributed by atoms with van der Waals surface area (Å²) in [6.45, 7) is 4.62. The molecule has 1 aromatic heterocycles. The molecule has 0 bridgehead atoms. The normalized spacial score (nSPS) is 16.9. The highest BCUT2D eigenvalue weighted by atomic mass is 16.2. The lowest BCUT2D eigenvalue weighted by Gasteiger charge is -2.22. The maximum atomic E-state index is 12.2. The molecule has 1 unspecified atom stereocenters. The van der Waals surface area contributed by atoms with Gasteiger partial charge in [0.25, 0.3) is 11.8 Å². The molecule has 0 spiro atoms. The maximum absolute atomic E-state index is 12.2. The summed E-state index contributed by atoms with van der Waals surface area (Å²) in [7, 11) is 0. The molecule has 7 nitrogen and oxygen atoms in total. The smallest absolute Gasteiger partial charge is 0.271 e. The number of hydrogen-bond donors (Lipinski definition) is 3. The Bertz CT molecular complexity index is 748. The standard InChI is InChI=1S/C19H25N5O2/c1-14-4-6-15(7-5-14)18(25)21-10-11-22-19(26)17-8-12-24(23-17)16-3-2-9-20-13-16/h4-8,12,16,20H,2-3,9-11,13H2,1H3,(H,21,25)(H,22,26). The van der Waals surface area contributed by atoms with Gasteiger partial charge in [-0.15, -0.1) is 0 Å². The molecule has 1 fully saturated rings. The molecule has 1 saturated heterocycles. The van der Waals surface area contributed by atoms with Crippen LogP contribution in [0.1, 0.15) is 45.3 Å². The molecule has 1 aliphatic rings. The SMILES string of the molecule is Cc1ccc(C(=O)NCCNC(=O)c2ccn(C3CCCNC3)n2)cc1. The van der Waals surface area contributed by atoms with Crippen molar-refractivity contribution in [1.82, 2.24) is 25.7 Å². The minimum atomic E-state index is -0.225. The predicted molar refractivity (Wildman–Crippen MR) is 99.2 cm³/mol. The van der Waals surface area contributed by atoms with Gasteiger partial charge in [-0.1, -0.05) is 17.7 Å². The van der Waals surface area contributed by atoms with Gasteiger partial charge >= 0.3 is 0 Å². The lowest BCUT2D eigenvalue weighted by atomic mass is 10.1. The molecule has 0 saturated carbocycles. The summed E-state index contributed by atoms with van der Waals surface area (Å²) in [5, 5.41) is 13.3. The van der Waals surface area contributed by atoms with Crippen molar-refractivity contribution in [3.05, 3.63) is 53.3 Å². The largest absolute Gasteiger partial charge is 0.350 e. The third kappa shape index (κ3) is 4.70. The molecule has 3 rings (SSSR count). The number of nitrogens with one attached hydrogen (secondary N) is 3. The minimum Gasteiger partial charge on any atom is -0.350 e. The number of carbonyl (C=O) groups excluding carboxylic acids is 2. The van der Waals surface area contributed by atoms with Gasteiger partial charge in [0, 0.05) is 31.4 Å². The molecular weight excluding hydrogens is 330 g/mol. The van der Waals surface area contributed by atoms with Crippen LogP contribution in [0.15, 0.2) is 36.5 Å². The highest BCUT2D eigenvalue weighted by molar-refractivity contribution is 5.94. The van der Waals surface area contributed by atoms with E-state index >= 15 is 0 Å². The molecule has 1 aromatic carbocycles. The monoisotopic (exact) mass is 355 g/mol. The van der Waals surface area contributed by atoms with Crippen LogP contribution in [-0.4, -0.2) is 47.8 Å². The molecule has 2 aromatic rings. The van der Waals surface area contributed by atoms with Gasteiger partial charge in [-0.3, -0.25) is 14.3 Å². The van der Waals surface area contributed by atoms with Crippen molar-refractivity contribution in [2.75, 3.05) is 26.2 Å². The molecule has 0 radical (unpaired) electrons. The molecule has 138 valence electrons. The van der Waals surface area contributed by atoms with Gasteiger partial charge in [-0.2, -0.15) is 5.10 Å². The Kier molecular flexibility index (Phi) is 6.01. The summed E-state index contributed by atoms with van der Waals surface area (Å²) >= 11 is 0. The van der Waals surface area contributed by atoms with Crippen LogP contribution in [0.2, 0.25) is 0 Å². The van der Waals surface area contributed by atoms with Gasteiger partial charge in [-0.25, -0.2) is 0 Å². The highest BCUT2D eigenvalue weighted by Crippen LogP contribution is 2.15. The third-order valence-electron chi connectivity index (χ3n) is 4.50. The number of aryl methyl sites for hydroxylation is 1. The van der Waals surface area contributed by atoms with E-state index in [4.69, 9.17) is 0 Å². The average Bonchev–Trinajstić information content (AvgIpc) is 3.16. The summed E-state index contributed by atoms with van der Waals surface area (Å²) in [6.07, 6.45) is 4.04. The number of amides is 2. The van der Waals surface area contributed by atoms with Gasteiger partial charge < -0.3 is 16.0 Å². The third-order valence-corrected chi connectivity index (χ3v) is 4.50. The van der Waals surface area contributed by atoms with Crippen molar-refractivity contribution < 1.29 is 9.59 Å². The van der Waals surface area contributed by atoms with E-state index in [9.17, 15) is 9.59 Å². The highest BCUT2D eigenvalue weighted by Gasteiger charge is 2.17. The molecule has 0 aliphatic carbocycles. The number of hydrogen-bond acceptors (Lipinski definition) is 4. The summed E-state index contributed by atoms with van der Waals surface area (Å²) in [4.78, 5) is 24.2. The van der Waals surface area contributed by atoms with Crippen molar-refractivity contribution in [3.63, 3.8) is 0 Å². The summed E-state index contributed by atoms with van der Waals surface area (Å²) in [5.41, 5.74) is 2.12. The number of piperidine rings is 1. The number of nitrogens with zero attached hydrogens (tertiary/aromatic N) is 2.